The van der Waals surface area contributed by atoms with E-state index in [9.17, 15) is 13.2 Å². The number of amides is 1. The molecule has 0 aliphatic carbocycles. The molecule has 2 heterocycles. The summed E-state index contributed by atoms with van der Waals surface area (Å²) in [6.45, 7) is 5.49. The molecule has 1 aliphatic rings. The van der Waals surface area contributed by atoms with E-state index in [1.807, 2.05) is 42.2 Å². The van der Waals surface area contributed by atoms with Crippen molar-refractivity contribution < 1.29 is 13.2 Å². The Morgan fingerprint density at radius 1 is 1.18 bits per heavy atom. The first-order valence-corrected chi connectivity index (χ1v) is 11.9. The molecule has 6 nitrogen and oxygen atoms in total. The Labute approximate surface area is 171 Å². The summed E-state index contributed by atoms with van der Waals surface area (Å²) in [7, 11) is -3.62. The van der Waals surface area contributed by atoms with Gasteiger partial charge in [-0.15, -0.1) is 11.3 Å². The third-order valence-electron chi connectivity index (χ3n) is 4.98. The molecule has 1 N–H and O–H groups in total. The van der Waals surface area contributed by atoms with Crippen LogP contribution >= 0.6 is 11.3 Å². The highest BCUT2D eigenvalue weighted by Gasteiger charge is 2.28. The quantitative estimate of drug-likeness (QED) is 0.710. The minimum absolute atomic E-state index is 0.0141. The van der Waals surface area contributed by atoms with Crippen molar-refractivity contribution in [2.24, 2.45) is 0 Å². The van der Waals surface area contributed by atoms with Gasteiger partial charge in [0, 0.05) is 45.7 Å². The highest BCUT2D eigenvalue weighted by molar-refractivity contribution is 7.91. The Balaban J connectivity index is 1.73. The van der Waals surface area contributed by atoms with Gasteiger partial charge < -0.3 is 10.2 Å². The number of hydrogen-bond donors (Lipinski definition) is 1. The van der Waals surface area contributed by atoms with Crippen LogP contribution in [-0.2, 0) is 14.8 Å². The molecule has 1 atom stereocenters. The van der Waals surface area contributed by atoms with Gasteiger partial charge in [-0.25, -0.2) is 8.42 Å². The van der Waals surface area contributed by atoms with Crippen LogP contribution in [0.5, 0.6) is 0 Å². The van der Waals surface area contributed by atoms with E-state index in [1.165, 1.54) is 15.6 Å². The highest BCUT2D eigenvalue weighted by Crippen LogP contribution is 2.25. The Kier molecular flexibility index (Phi) is 7.23. The van der Waals surface area contributed by atoms with Crippen molar-refractivity contribution in [1.29, 1.82) is 0 Å². The molecule has 1 aromatic heterocycles. The van der Waals surface area contributed by atoms with E-state index in [4.69, 9.17) is 0 Å². The number of thiophene rings is 1. The number of piperazine rings is 1. The van der Waals surface area contributed by atoms with Gasteiger partial charge in [0.1, 0.15) is 4.21 Å². The largest absolute Gasteiger partial charge is 0.340 e. The smallest absolute Gasteiger partial charge is 0.252 e. The number of benzene rings is 1. The number of nitrogens with zero attached hydrogens (tertiary/aromatic N) is 2. The Morgan fingerprint density at radius 3 is 2.54 bits per heavy atom. The summed E-state index contributed by atoms with van der Waals surface area (Å²) in [5.74, 6) is 0.0467. The van der Waals surface area contributed by atoms with Crippen molar-refractivity contribution in [3.05, 3.63) is 53.4 Å². The average molecular weight is 422 g/mol. The Bertz CT molecular complexity index is 848. The van der Waals surface area contributed by atoms with Crippen LogP contribution in [0.15, 0.2) is 52.1 Å². The molecule has 1 amide bonds. The number of hydrogen-bond acceptors (Lipinski definition) is 5. The lowest BCUT2D eigenvalue weighted by Gasteiger charge is -2.29. The first kappa shape index (κ1) is 21.0. The maximum absolute atomic E-state index is 13.2. The van der Waals surface area contributed by atoms with Crippen LogP contribution in [0.1, 0.15) is 24.8 Å². The van der Waals surface area contributed by atoms with E-state index in [0.717, 1.165) is 18.7 Å². The van der Waals surface area contributed by atoms with Crippen LogP contribution in [0.2, 0.25) is 0 Å². The number of carbonyl (C=O) groups excluding carboxylic acids is 1. The molecular weight excluding hydrogens is 394 g/mol. The number of sulfonamides is 1. The summed E-state index contributed by atoms with van der Waals surface area (Å²) in [4.78, 5) is 14.4. The summed E-state index contributed by atoms with van der Waals surface area (Å²) in [6.07, 6.45) is 0.201. The molecule has 0 bridgehead atoms. The van der Waals surface area contributed by atoms with E-state index in [-0.39, 0.29) is 24.8 Å². The normalized spacial score (nSPS) is 16.3. The molecule has 2 aromatic rings. The number of carbonyl (C=O) groups is 1. The maximum Gasteiger partial charge on any atom is 0.252 e. The second-order valence-corrected chi connectivity index (χ2v) is 10.1. The summed E-state index contributed by atoms with van der Waals surface area (Å²) in [6, 6.07) is 13.2. The lowest BCUT2D eigenvalue weighted by atomic mass is 10.0. The van der Waals surface area contributed by atoms with Crippen molar-refractivity contribution >= 4 is 27.3 Å². The van der Waals surface area contributed by atoms with Crippen molar-refractivity contribution in [1.82, 2.24) is 14.5 Å². The lowest BCUT2D eigenvalue weighted by Crippen LogP contribution is -2.47. The molecule has 0 saturated carbocycles. The molecule has 1 aromatic carbocycles. The standard InChI is InChI=1S/C20H27N3O3S2/c1-17(18-6-3-2-4-7-18)16-23(28(25,26)20-8-5-15-27-20)12-9-19(24)22-13-10-21-11-14-22/h2-8,15,17,21H,9-14,16H2,1H3/t17-/m1/s1. The van der Waals surface area contributed by atoms with Gasteiger partial charge in [0.2, 0.25) is 5.91 Å². The van der Waals surface area contributed by atoms with Gasteiger partial charge in [-0.2, -0.15) is 4.31 Å². The van der Waals surface area contributed by atoms with E-state index < -0.39 is 10.0 Å². The highest BCUT2D eigenvalue weighted by atomic mass is 32.2. The van der Waals surface area contributed by atoms with Crippen molar-refractivity contribution in [3.8, 4) is 0 Å². The van der Waals surface area contributed by atoms with Gasteiger partial charge in [0.05, 0.1) is 0 Å². The number of rotatable bonds is 8. The fourth-order valence-electron chi connectivity index (χ4n) is 3.33. The van der Waals surface area contributed by atoms with Gasteiger partial charge in [-0.3, -0.25) is 4.79 Å². The molecule has 0 radical (unpaired) electrons. The Hall–Kier alpha value is -1.74. The fourth-order valence-corrected chi connectivity index (χ4v) is 6.01. The minimum Gasteiger partial charge on any atom is -0.340 e. The predicted octanol–water partition coefficient (Wildman–Crippen LogP) is 2.36. The fraction of sp³-hybridized carbons (Fsp3) is 0.450. The molecular formula is C20H27N3O3S2. The zero-order valence-electron chi connectivity index (χ0n) is 16.1. The molecule has 152 valence electrons. The molecule has 28 heavy (non-hydrogen) atoms. The van der Waals surface area contributed by atoms with Crippen LogP contribution in [0.4, 0.5) is 0 Å². The van der Waals surface area contributed by atoms with Gasteiger partial charge in [-0.1, -0.05) is 43.3 Å². The van der Waals surface area contributed by atoms with Crippen LogP contribution in [-0.4, -0.2) is 62.8 Å². The zero-order chi connectivity index (χ0) is 20.0. The topological polar surface area (TPSA) is 69.7 Å². The van der Waals surface area contributed by atoms with Crippen molar-refractivity contribution in [2.45, 2.75) is 23.5 Å². The first-order chi connectivity index (χ1) is 13.5. The van der Waals surface area contributed by atoms with Gasteiger partial charge in [-0.05, 0) is 22.9 Å². The van der Waals surface area contributed by atoms with Gasteiger partial charge >= 0.3 is 0 Å². The number of nitrogens with one attached hydrogen (secondary N) is 1. The summed E-state index contributed by atoms with van der Waals surface area (Å²) >= 11 is 1.21. The zero-order valence-corrected chi connectivity index (χ0v) is 17.7. The molecule has 3 rings (SSSR count). The van der Waals surface area contributed by atoms with Gasteiger partial charge in [0.15, 0.2) is 0 Å². The predicted molar refractivity (Wildman–Crippen MR) is 112 cm³/mol. The summed E-state index contributed by atoms with van der Waals surface area (Å²) in [5.41, 5.74) is 1.09. The van der Waals surface area contributed by atoms with Crippen LogP contribution < -0.4 is 5.32 Å². The third kappa shape index (κ3) is 5.20. The van der Waals surface area contributed by atoms with E-state index in [1.54, 1.807) is 17.5 Å². The van der Waals surface area contributed by atoms with Crippen LogP contribution in [0, 0.1) is 0 Å². The molecule has 0 spiro atoms. The van der Waals surface area contributed by atoms with E-state index in [2.05, 4.69) is 5.32 Å². The summed E-state index contributed by atoms with van der Waals surface area (Å²) in [5, 5.41) is 4.98. The second-order valence-electron chi connectivity index (χ2n) is 6.99. The maximum atomic E-state index is 13.2. The SMILES string of the molecule is C[C@H](CN(CCC(=O)N1CCNCC1)S(=O)(=O)c1cccs1)c1ccccc1. The van der Waals surface area contributed by atoms with E-state index >= 15 is 0 Å². The van der Waals surface area contributed by atoms with Crippen LogP contribution in [0.3, 0.4) is 0 Å². The van der Waals surface area contributed by atoms with Crippen molar-refractivity contribution in [2.75, 3.05) is 39.3 Å². The van der Waals surface area contributed by atoms with Gasteiger partial charge in [0.25, 0.3) is 10.0 Å². The Morgan fingerprint density at radius 2 is 1.89 bits per heavy atom. The molecule has 1 saturated heterocycles. The second kappa shape index (κ2) is 9.65. The van der Waals surface area contributed by atoms with E-state index in [0.29, 0.717) is 23.8 Å². The average Bonchev–Trinajstić information content (AvgIpc) is 3.27. The molecule has 1 aliphatic heterocycles. The lowest BCUT2D eigenvalue weighted by molar-refractivity contribution is -0.131. The third-order valence-corrected chi connectivity index (χ3v) is 8.22. The van der Waals surface area contributed by atoms with Crippen molar-refractivity contribution in [3.63, 3.8) is 0 Å². The minimum atomic E-state index is -3.62. The molecule has 8 heteroatoms. The summed E-state index contributed by atoms with van der Waals surface area (Å²) < 4.78 is 28.1. The first-order valence-electron chi connectivity index (χ1n) is 9.55. The molecule has 1 fully saturated rings. The molecule has 0 unspecified atom stereocenters. The monoisotopic (exact) mass is 421 g/mol. The van der Waals surface area contributed by atoms with Crippen LogP contribution in [0.25, 0.3) is 0 Å².